The molecule has 1 aromatic carbocycles. The molecule has 0 heterocycles. The molecule has 1 aliphatic rings. The zero-order chi connectivity index (χ0) is 13.1. The number of para-hydroxylation sites is 1. The van der Waals surface area contributed by atoms with Gasteiger partial charge in [0.25, 0.3) is 0 Å². The molecule has 3 atom stereocenters. The van der Waals surface area contributed by atoms with E-state index in [-0.39, 0.29) is 0 Å². The molecule has 0 aliphatic heterocycles. The Morgan fingerprint density at radius 2 is 2.11 bits per heavy atom. The van der Waals surface area contributed by atoms with Gasteiger partial charge in [0.05, 0.1) is 16.9 Å². The zero-order valence-corrected chi connectivity index (χ0v) is 11.1. The van der Waals surface area contributed by atoms with Gasteiger partial charge in [0.15, 0.2) is 0 Å². The summed E-state index contributed by atoms with van der Waals surface area (Å²) in [6.07, 6.45) is 3.70. The van der Waals surface area contributed by atoms with Crippen molar-refractivity contribution in [2.24, 2.45) is 11.8 Å². The van der Waals surface area contributed by atoms with E-state index in [1.54, 1.807) is 6.07 Å². The summed E-state index contributed by atoms with van der Waals surface area (Å²) >= 11 is 0. The van der Waals surface area contributed by atoms with E-state index >= 15 is 0 Å². The molecule has 3 heteroatoms. The number of nitriles is 1. The van der Waals surface area contributed by atoms with Gasteiger partial charge < -0.3 is 11.1 Å². The van der Waals surface area contributed by atoms with E-state index in [1.165, 1.54) is 19.3 Å². The highest BCUT2D eigenvalue weighted by Crippen LogP contribution is 2.32. The molecule has 0 bridgehead atoms. The highest BCUT2D eigenvalue weighted by Gasteiger charge is 2.25. The molecule has 18 heavy (non-hydrogen) atoms. The van der Waals surface area contributed by atoms with E-state index in [4.69, 9.17) is 11.0 Å². The number of benzene rings is 1. The van der Waals surface area contributed by atoms with Crippen molar-refractivity contribution >= 4 is 11.4 Å². The normalized spacial score (nSPS) is 27.5. The van der Waals surface area contributed by atoms with Crippen LogP contribution in [-0.4, -0.2) is 6.04 Å². The summed E-state index contributed by atoms with van der Waals surface area (Å²) < 4.78 is 0. The summed E-state index contributed by atoms with van der Waals surface area (Å²) in [5.74, 6) is 1.47. The van der Waals surface area contributed by atoms with Crippen LogP contribution in [0.5, 0.6) is 0 Å². The Hall–Kier alpha value is -1.69. The molecule has 0 amide bonds. The third-order valence-electron chi connectivity index (χ3n) is 4.00. The molecule has 1 fully saturated rings. The van der Waals surface area contributed by atoms with E-state index < -0.39 is 0 Å². The number of anilines is 2. The smallest absolute Gasteiger partial charge is 0.101 e. The molecule has 1 aliphatic carbocycles. The van der Waals surface area contributed by atoms with Crippen molar-refractivity contribution in [1.82, 2.24) is 0 Å². The lowest BCUT2D eigenvalue weighted by molar-refractivity contribution is 0.276. The van der Waals surface area contributed by atoms with Crippen molar-refractivity contribution in [3.05, 3.63) is 23.8 Å². The fourth-order valence-electron chi connectivity index (χ4n) is 2.87. The Labute approximate surface area is 109 Å². The number of rotatable bonds is 2. The molecule has 0 radical (unpaired) electrons. The predicted molar refractivity (Wildman–Crippen MR) is 75.2 cm³/mol. The van der Waals surface area contributed by atoms with Crippen molar-refractivity contribution in [1.29, 1.82) is 5.26 Å². The molecular weight excluding hydrogens is 222 g/mol. The molecule has 3 nitrogen and oxygen atoms in total. The number of nitrogen functional groups attached to an aromatic ring is 1. The summed E-state index contributed by atoms with van der Waals surface area (Å²) in [4.78, 5) is 0. The minimum Gasteiger partial charge on any atom is -0.396 e. The van der Waals surface area contributed by atoms with Crippen molar-refractivity contribution in [2.75, 3.05) is 11.1 Å². The van der Waals surface area contributed by atoms with Crippen LogP contribution in [0, 0.1) is 23.2 Å². The first-order chi connectivity index (χ1) is 8.61. The van der Waals surface area contributed by atoms with E-state index in [2.05, 4.69) is 25.2 Å². The van der Waals surface area contributed by atoms with E-state index in [9.17, 15) is 0 Å². The molecule has 3 N–H and O–H groups in total. The average Bonchev–Trinajstić information content (AvgIpc) is 2.35. The lowest BCUT2D eigenvalue weighted by atomic mass is 9.80. The van der Waals surface area contributed by atoms with Crippen LogP contribution >= 0.6 is 0 Å². The SMILES string of the molecule is CC1CCC(Nc2cccc(C#N)c2N)C(C)C1. The maximum Gasteiger partial charge on any atom is 0.101 e. The fraction of sp³-hybridized carbons (Fsp3) is 0.533. The third kappa shape index (κ3) is 2.59. The second kappa shape index (κ2) is 5.30. The van der Waals surface area contributed by atoms with Crippen LogP contribution in [0.2, 0.25) is 0 Å². The Bertz CT molecular complexity index is 461. The summed E-state index contributed by atoms with van der Waals surface area (Å²) in [6, 6.07) is 8.19. The molecule has 2 rings (SSSR count). The van der Waals surface area contributed by atoms with Crippen molar-refractivity contribution in [2.45, 2.75) is 39.2 Å². The average molecular weight is 243 g/mol. The third-order valence-corrected chi connectivity index (χ3v) is 4.00. The number of nitrogens with one attached hydrogen (secondary N) is 1. The first-order valence-corrected chi connectivity index (χ1v) is 6.67. The zero-order valence-electron chi connectivity index (χ0n) is 11.1. The quantitative estimate of drug-likeness (QED) is 0.783. The minimum atomic E-state index is 0.470. The van der Waals surface area contributed by atoms with Crippen LogP contribution in [0.15, 0.2) is 18.2 Å². The standard InChI is InChI=1S/C15H21N3/c1-10-6-7-13(11(2)8-10)18-14-5-3-4-12(9-16)15(14)17/h3-5,10-11,13,18H,6-8,17H2,1-2H3. The van der Waals surface area contributed by atoms with Gasteiger partial charge in [0.1, 0.15) is 6.07 Å². The van der Waals surface area contributed by atoms with Crippen LogP contribution in [0.3, 0.4) is 0 Å². The highest BCUT2D eigenvalue weighted by atomic mass is 14.9. The largest absolute Gasteiger partial charge is 0.396 e. The van der Waals surface area contributed by atoms with E-state index in [1.807, 2.05) is 12.1 Å². The van der Waals surface area contributed by atoms with Crippen molar-refractivity contribution < 1.29 is 0 Å². The van der Waals surface area contributed by atoms with Gasteiger partial charge in [-0.2, -0.15) is 5.26 Å². The molecule has 0 saturated heterocycles. The maximum atomic E-state index is 8.98. The van der Waals surface area contributed by atoms with Gasteiger partial charge in [-0.15, -0.1) is 0 Å². The molecule has 0 spiro atoms. The minimum absolute atomic E-state index is 0.470. The summed E-state index contributed by atoms with van der Waals surface area (Å²) in [7, 11) is 0. The molecule has 1 aromatic rings. The fourth-order valence-corrected chi connectivity index (χ4v) is 2.87. The van der Waals surface area contributed by atoms with Crippen molar-refractivity contribution in [3.8, 4) is 6.07 Å². The first-order valence-electron chi connectivity index (χ1n) is 6.67. The monoisotopic (exact) mass is 243 g/mol. The topological polar surface area (TPSA) is 61.8 Å². The van der Waals surface area contributed by atoms with Crippen LogP contribution in [0.1, 0.15) is 38.7 Å². The Kier molecular flexibility index (Phi) is 3.76. The van der Waals surface area contributed by atoms with Gasteiger partial charge in [0, 0.05) is 6.04 Å². The van der Waals surface area contributed by atoms with Gasteiger partial charge in [0.2, 0.25) is 0 Å². The summed E-state index contributed by atoms with van der Waals surface area (Å²) in [5, 5.41) is 12.5. The second-order valence-corrected chi connectivity index (χ2v) is 5.52. The van der Waals surface area contributed by atoms with Gasteiger partial charge in [-0.25, -0.2) is 0 Å². The van der Waals surface area contributed by atoms with E-state index in [0.29, 0.717) is 23.2 Å². The number of hydrogen-bond donors (Lipinski definition) is 2. The lowest BCUT2D eigenvalue weighted by Crippen LogP contribution is -2.33. The first kappa shape index (κ1) is 12.8. The van der Waals surface area contributed by atoms with Gasteiger partial charge in [-0.05, 0) is 43.2 Å². The highest BCUT2D eigenvalue weighted by molar-refractivity contribution is 5.73. The van der Waals surface area contributed by atoms with Crippen LogP contribution < -0.4 is 11.1 Å². The van der Waals surface area contributed by atoms with Crippen LogP contribution in [-0.2, 0) is 0 Å². The molecular formula is C15H21N3. The van der Waals surface area contributed by atoms with Gasteiger partial charge in [-0.3, -0.25) is 0 Å². The number of nitrogens with two attached hydrogens (primary N) is 1. The Morgan fingerprint density at radius 3 is 2.78 bits per heavy atom. The Morgan fingerprint density at radius 1 is 1.33 bits per heavy atom. The summed E-state index contributed by atoms with van der Waals surface area (Å²) in [5.41, 5.74) is 8.03. The van der Waals surface area contributed by atoms with Gasteiger partial charge in [-0.1, -0.05) is 19.9 Å². The predicted octanol–water partition coefficient (Wildman–Crippen LogP) is 3.38. The maximum absolute atomic E-state index is 8.98. The number of nitrogens with zero attached hydrogens (tertiary/aromatic N) is 1. The second-order valence-electron chi connectivity index (χ2n) is 5.52. The summed E-state index contributed by atoms with van der Waals surface area (Å²) in [6.45, 7) is 4.61. The molecule has 1 saturated carbocycles. The molecule has 0 aromatic heterocycles. The lowest BCUT2D eigenvalue weighted by Gasteiger charge is -2.34. The van der Waals surface area contributed by atoms with Gasteiger partial charge >= 0.3 is 0 Å². The molecule has 3 unspecified atom stereocenters. The van der Waals surface area contributed by atoms with E-state index in [0.717, 1.165) is 11.6 Å². The van der Waals surface area contributed by atoms with Crippen LogP contribution in [0.25, 0.3) is 0 Å². The van der Waals surface area contributed by atoms with Crippen molar-refractivity contribution in [3.63, 3.8) is 0 Å². The molecule has 96 valence electrons. The van der Waals surface area contributed by atoms with Crippen LogP contribution in [0.4, 0.5) is 11.4 Å². The number of hydrogen-bond acceptors (Lipinski definition) is 3. The Balaban J connectivity index is 2.13.